The smallest absolute Gasteiger partial charge is 0.261 e. The van der Waals surface area contributed by atoms with E-state index in [1.165, 1.54) is 43.3 Å². The molecule has 4 aromatic rings. The Balaban J connectivity index is 1.49. The minimum absolute atomic E-state index is 0.0419. The highest BCUT2D eigenvalue weighted by Gasteiger charge is 2.15. The molecule has 0 aromatic heterocycles. The van der Waals surface area contributed by atoms with E-state index in [0.29, 0.717) is 22.5 Å². The first-order chi connectivity index (χ1) is 15.3. The molecule has 0 radical (unpaired) electrons. The van der Waals surface area contributed by atoms with Crippen LogP contribution in [0.5, 0.6) is 0 Å². The molecular weight excluding hydrogens is 424 g/mol. The Morgan fingerprint density at radius 3 is 2.03 bits per heavy atom. The molecule has 4 aromatic carbocycles. The summed E-state index contributed by atoms with van der Waals surface area (Å²) in [6.45, 7) is 1.42. The number of benzene rings is 4. The van der Waals surface area contributed by atoms with Crippen LogP contribution in [-0.4, -0.2) is 20.1 Å². The normalized spacial score (nSPS) is 11.2. The number of hydrogen-bond acceptors (Lipinski definition) is 4. The van der Waals surface area contributed by atoms with Crippen molar-refractivity contribution in [2.45, 2.75) is 11.8 Å². The maximum atomic E-state index is 12.7. The summed E-state index contributed by atoms with van der Waals surface area (Å²) in [7, 11) is -3.82. The Labute approximate surface area is 186 Å². The van der Waals surface area contributed by atoms with Gasteiger partial charge in [0.25, 0.3) is 15.9 Å². The van der Waals surface area contributed by atoms with Crippen LogP contribution >= 0.6 is 0 Å². The van der Waals surface area contributed by atoms with Crippen LogP contribution in [-0.2, 0) is 10.0 Å². The zero-order valence-corrected chi connectivity index (χ0v) is 18.0. The number of nitrogens with one attached hydrogen (secondary N) is 2. The first-order valence-corrected chi connectivity index (χ1v) is 11.3. The molecule has 0 atom stereocenters. The van der Waals surface area contributed by atoms with E-state index in [2.05, 4.69) is 10.0 Å². The molecule has 4 rings (SSSR count). The third-order valence-corrected chi connectivity index (χ3v) is 6.41. The number of hydrogen-bond donors (Lipinski definition) is 2. The average Bonchev–Trinajstić information content (AvgIpc) is 2.79. The molecule has 0 unspecified atom stereocenters. The van der Waals surface area contributed by atoms with Gasteiger partial charge in [0.1, 0.15) is 0 Å². The van der Waals surface area contributed by atoms with E-state index in [1.54, 1.807) is 12.1 Å². The molecular formula is C25H20N2O4S. The van der Waals surface area contributed by atoms with E-state index in [0.717, 1.165) is 10.8 Å². The number of carbonyl (C=O) groups is 2. The maximum Gasteiger partial charge on any atom is 0.261 e. The SMILES string of the molecule is CC(=O)c1ccc(S(=O)(=O)Nc2ccc(C(=O)Nc3cccc4ccccc34)cc2)cc1. The molecule has 7 heteroatoms. The van der Waals surface area contributed by atoms with Crippen LogP contribution in [0.15, 0.2) is 95.9 Å². The molecule has 0 fully saturated rings. The fraction of sp³-hybridized carbons (Fsp3) is 0.0400. The van der Waals surface area contributed by atoms with Crippen LogP contribution in [0, 0.1) is 0 Å². The highest BCUT2D eigenvalue weighted by atomic mass is 32.2. The van der Waals surface area contributed by atoms with Crippen LogP contribution in [0.1, 0.15) is 27.6 Å². The van der Waals surface area contributed by atoms with Gasteiger partial charge in [0.15, 0.2) is 5.78 Å². The average molecular weight is 445 g/mol. The van der Waals surface area contributed by atoms with Crippen LogP contribution in [0.4, 0.5) is 11.4 Å². The van der Waals surface area contributed by atoms with Gasteiger partial charge in [0.2, 0.25) is 0 Å². The number of rotatable bonds is 6. The van der Waals surface area contributed by atoms with Crippen LogP contribution < -0.4 is 10.0 Å². The van der Waals surface area contributed by atoms with Crippen molar-refractivity contribution in [2.24, 2.45) is 0 Å². The lowest BCUT2D eigenvalue weighted by molar-refractivity contribution is 0.101. The summed E-state index contributed by atoms with van der Waals surface area (Å²) in [5.74, 6) is -0.435. The molecule has 0 spiro atoms. The van der Waals surface area contributed by atoms with Gasteiger partial charge in [-0.25, -0.2) is 8.42 Å². The van der Waals surface area contributed by atoms with E-state index < -0.39 is 10.0 Å². The molecule has 0 bridgehead atoms. The second-order valence-electron chi connectivity index (χ2n) is 7.24. The van der Waals surface area contributed by atoms with Crippen molar-refractivity contribution in [2.75, 3.05) is 10.0 Å². The topological polar surface area (TPSA) is 92.3 Å². The molecule has 0 aliphatic rings. The van der Waals surface area contributed by atoms with Crippen molar-refractivity contribution >= 4 is 43.9 Å². The summed E-state index contributed by atoms with van der Waals surface area (Å²) in [6.07, 6.45) is 0. The summed E-state index contributed by atoms with van der Waals surface area (Å²) in [6, 6.07) is 25.3. The highest BCUT2D eigenvalue weighted by Crippen LogP contribution is 2.24. The standard InChI is InChI=1S/C25H20N2O4S/c1-17(28)18-11-15-22(16-12-18)32(30,31)27-21-13-9-20(10-14-21)25(29)26-24-8-4-6-19-5-2-3-7-23(19)24/h2-16,27H,1H3,(H,26,29). The lowest BCUT2D eigenvalue weighted by Crippen LogP contribution is -2.14. The molecule has 0 saturated carbocycles. The van der Waals surface area contributed by atoms with Crippen molar-refractivity contribution in [3.8, 4) is 0 Å². The predicted molar refractivity (Wildman–Crippen MR) is 126 cm³/mol. The van der Waals surface area contributed by atoms with Crippen LogP contribution in [0.3, 0.4) is 0 Å². The summed E-state index contributed by atoms with van der Waals surface area (Å²) >= 11 is 0. The number of amides is 1. The Bertz CT molecular complexity index is 1410. The molecule has 1 amide bonds. The Hall–Kier alpha value is -3.97. The van der Waals surface area contributed by atoms with Crippen molar-refractivity contribution in [3.63, 3.8) is 0 Å². The fourth-order valence-electron chi connectivity index (χ4n) is 3.30. The van der Waals surface area contributed by atoms with Gasteiger partial charge < -0.3 is 5.32 Å². The van der Waals surface area contributed by atoms with E-state index in [9.17, 15) is 18.0 Å². The number of carbonyl (C=O) groups excluding carboxylic acids is 2. The molecule has 32 heavy (non-hydrogen) atoms. The number of sulfonamides is 1. The molecule has 0 aliphatic carbocycles. The van der Waals surface area contributed by atoms with E-state index in [-0.39, 0.29) is 16.6 Å². The van der Waals surface area contributed by atoms with Gasteiger partial charge in [-0.15, -0.1) is 0 Å². The van der Waals surface area contributed by atoms with Gasteiger partial charge in [-0.1, -0.05) is 48.5 Å². The Morgan fingerprint density at radius 1 is 0.719 bits per heavy atom. The second kappa shape index (κ2) is 8.64. The summed E-state index contributed by atoms with van der Waals surface area (Å²) in [5.41, 5.74) is 1.85. The fourth-order valence-corrected chi connectivity index (χ4v) is 4.36. The van der Waals surface area contributed by atoms with Gasteiger partial charge in [0, 0.05) is 27.9 Å². The Kier molecular flexibility index (Phi) is 5.75. The molecule has 6 nitrogen and oxygen atoms in total. The van der Waals surface area contributed by atoms with Crippen molar-refractivity contribution in [3.05, 3.63) is 102 Å². The maximum absolute atomic E-state index is 12.7. The van der Waals surface area contributed by atoms with E-state index in [4.69, 9.17) is 0 Å². The van der Waals surface area contributed by atoms with E-state index >= 15 is 0 Å². The van der Waals surface area contributed by atoms with Gasteiger partial charge in [-0.3, -0.25) is 14.3 Å². The first kappa shape index (κ1) is 21.3. The van der Waals surface area contributed by atoms with Gasteiger partial charge in [-0.2, -0.15) is 0 Å². The van der Waals surface area contributed by atoms with Crippen LogP contribution in [0.25, 0.3) is 10.8 Å². The van der Waals surface area contributed by atoms with Crippen molar-refractivity contribution in [1.82, 2.24) is 0 Å². The number of Topliss-reactive ketones (excluding diaryl/α,β-unsaturated/α-hetero) is 1. The van der Waals surface area contributed by atoms with Gasteiger partial charge in [0.05, 0.1) is 4.90 Å². The van der Waals surface area contributed by atoms with Crippen molar-refractivity contribution in [1.29, 1.82) is 0 Å². The minimum Gasteiger partial charge on any atom is -0.321 e. The van der Waals surface area contributed by atoms with Gasteiger partial charge >= 0.3 is 0 Å². The lowest BCUT2D eigenvalue weighted by Gasteiger charge is -2.11. The summed E-state index contributed by atoms with van der Waals surface area (Å²) < 4.78 is 27.7. The third-order valence-electron chi connectivity index (χ3n) is 5.01. The quantitative estimate of drug-likeness (QED) is 0.405. The highest BCUT2D eigenvalue weighted by molar-refractivity contribution is 7.92. The molecule has 160 valence electrons. The van der Waals surface area contributed by atoms with E-state index in [1.807, 2.05) is 42.5 Å². The molecule has 0 aliphatic heterocycles. The van der Waals surface area contributed by atoms with Crippen molar-refractivity contribution < 1.29 is 18.0 Å². The minimum atomic E-state index is -3.82. The molecule has 0 saturated heterocycles. The Morgan fingerprint density at radius 2 is 1.34 bits per heavy atom. The molecule has 0 heterocycles. The third kappa shape index (κ3) is 4.53. The summed E-state index contributed by atoms with van der Waals surface area (Å²) in [5, 5.41) is 4.86. The first-order valence-electron chi connectivity index (χ1n) is 9.86. The van der Waals surface area contributed by atoms with Crippen LogP contribution in [0.2, 0.25) is 0 Å². The second-order valence-corrected chi connectivity index (χ2v) is 8.93. The van der Waals surface area contributed by atoms with Gasteiger partial charge in [-0.05, 0) is 54.8 Å². The molecule has 2 N–H and O–H groups in total. The lowest BCUT2D eigenvalue weighted by atomic mass is 10.1. The zero-order valence-electron chi connectivity index (χ0n) is 17.2. The monoisotopic (exact) mass is 444 g/mol. The zero-order chi connectivity index (χ0) is 22.7. The predicted octanol–water partition coefficient (Wildman–Crippen LogP) is 5.10. The number of anilines is 2. The number of ketones is 1. The number of fused-ring (bicyclic) bond motifs is 1. The largest absolute Gasteiger partial charge is 0.321 e. The summed E-state index contributed by atoms with van der Waals surface area (Å²) in [4.78, 5) is 24.1.